The lowest BCUT2D eigenvalue weighted by Gasteiger charge is -2.07. The topological polar surface area (TPSA) is 93.6 Å². The zero-order valence-corrected chi connectivity index (χ0v) is 11.1. The Morgan fingerprint density at radius 3 is 3.00 bits per heavy atom. The highest BCUT2D eigenvalue weighted by Gasteiger charge is 2.14. The third kappa shape index (κ3) is 2.92. The van der Waals surface area contributed by atoms with Crippen LogP contribution in [0.25, 0.3) is 0 Å². The first kappa shape index (κ1) is 13.3. The first-order valence-corrected chi connectivity index (χ1v) is 6.35. The van der Waals surface area contributed by atoms with Crippen molar-refractivity contribution in [1.82, 2.24) is 15.3 Å². The van der Waals surface area contributed by atoms with E-state index in [1.165, 1.54) is 12.5 Å². The Labute approximate surface area is 120 Å². The normalized spacial score (nSPS) is 12.4. The summed E-state index contributed by atoms with van der Waals surface area (Å²) in [5, 5.41) is 12.2. The van der Waals surface area contributed by atoms with Gasteiger partial charge in [-0.3, -0.25) is 0 Å². The van der Waals surface area contributed by atoms with Crippen LogP contribution in [-0.2, 0) is 13.1 Å². The SMILES string of the molecule is O=C(O)c1cncnc1CNCc1ccc2c(c1)OCO2. The van der Waals surface area contributed by atoms with Gasteiger partial charge < -0.3 is 19.9 Å². The largest absolute Gasteiger partial charge is 0.478 e. The number of carboxylic acid groups (broad SMARTS) is 1. The van der Waals surface area contributed by atoms with Gasteiger partial charge in [-0.25, -0.2) is 14.8 Å². The molecule has 0 radical (unpaired) electrons. The Kier molecular flexibility index (Phi) is 3.65. The Balaban J connectivity index is 1.63. The molecule has 108 valence electrons. The van der Waals surface area contributed by atoms with E-state index in [1.807, 2.05) is 18.2 Å². The fourth-order valence-corrected chi connectivity index (χ4v) is 2.05. The summed E-state index contributed by atoms with van der Waals surface area (Å²) in [7, 11) is 0. The number of ether oxygens (including phenoxy) is 2. The molecule has 0 amide bonds. The van der Waals surface area contributed by atoms with Crippen molar-refractivity contribution in [1.29, 1.82) is 0 Å². The average Bonchev–Trinajstić information content (AvgIpc) is 2.95. The fourth-order valence-electron chi connectivity index (χ4n) is 2.05. The molecule has 2 aromatic rings. The summed E-state index contributed by atoms with van der Waals surface area (Å²) in [6, 6.07) is 5.68. The van der Waals surface area contributed by atoms with Crippen LogP contribution < -0.4 is 14.8 Å². The van der Waals surface area contributed by atoms with Crippen LogP contribution >= 0.6 is 0 Å². The maximum absolute atomic E-state index is 11.0. The maximum atomic E-state index is 11.0. The van der Waals surface area contributed by atoms with E-state index < -0.39 is 5.97 Å². The Hall–Kier alpha value is -2.67. The van der Waals surface area contributed by atoms with Crippen molar-refractivity contribution in [3.63, 3.8) is 0 Å². The zero-order chi connectivity index (χ0) is 14.7. The van der Waals surface area contributed by atoms with E-state index in [9.17, 15) is 4.79 Å². The smallest absolute Gasteiger partial charge is 0.339 e. The van der Waals surface area contributed by atoms with Gasteiger partial charge in [0.1, 0.15) is 11.9 Å². The molecule has 21 heavy (non-hydrogen) atoms. The molecule has 1 aromatic carbocycles. The van der Waals surface area contributed by atoms with Crippen molar-refractivity contribution in [3.8, 4) is 11.5 Å². The van der Waals surface area contributed by atoms with Crippen molar-refractivity contribution in [2.75, 3.05) is 6.79 Å². The number of carbonyl (C=O) groups is 1. The molecule has 1 aliphatic rings. The minimum Gasteiger partial charge on any atom is -0.478 e. The van der Waals surface area contributed by atoms with E-state index in [0.29, 0.717) is 18.8 Å². The number of nitrogens with zero attached hydrogens (tertiary/aromatic N) is 2. The lowest BCUT2D eigenvalue weighted by molar-refractivity contribution is 0.0694. The molecule has 0 saturated heterocycles. The monoisotopic (exact) mass is 287 g/mol. The summed E-state index contributed by atoms with van der Waals surface area (Å²) in [5.41, 5.74) is 1.58. The van der Waals surface area contributed by atoms with Crippen molar-refractivity contribution < 1.29 is 19.4 Å². The summed E-state index contributed by atoms with van der Waals surface area (Å²) in [4.78, 5) is 18.8. The highest BCUT2D eigenvalue weighted by atomic mass is 16.7. The van der Waals surface area contributed by atoms with Crippen LogP contribution in [0.3, 0.4) is 0 Å². The number of aromatic carboxylic acids is 1. The van der Waals surface area contributed by atoms with Crippen LogP contribution in [0, 0.1) is 0 Å². The molecule has 0 bridgehead atoms. The van der Waals surface area contributed by atoms with Crippen molar-refractivity contribution >= 4 is 5.97 Å². The fraction of sp³-hybridized carbons (Fsp3) is 0.214. The van der Waals surface area contributed by atoms with Gasteiger partial charge in [0.25, 0.3) is 0 Å². The van der Waals surface area contributed by atoms with E-state index in [-0.39, 0.29) is 12.4 Å². The number of nitrogens with one attached hydrogen (secondary N) is 1. The average molecular weight is 287 g/mol. The molecule has 0 atom stereocenters. The molecule has 0 unspecified atom stereocenters. The van der Waals surface area contributed by atoms with E-state index in [2.05, 4.69) is 15.3 Å². The van der Waals surface area contributed by atoms with Gasteiger partial charge in [-0.15, -0.1) is 0 Å². The van der Waals surface area contributed by atoms with Crippen molar-refractivity contribution in [2.24, 2.45) is 0 Å². The molecule has 3 rings (SSSR count). The molecular formula is C14H13N3O4. The zero-order valence-electron chi connectivity index (χ0n) is 11.1. The standard InChI is InChI=1S/C14H13N3O4/c18-14(19)10-5-16-7-17-11(10)6-15-4-9-1-2-12-13(3-9)21-8-20-12/h1-3,5,7,15H,4,6,8H2,(H,18,19). The predicted molar refractivity (Wildman–Crippen MR) is 72.1 cm³/mol. The van der Waals surface area contributed by atoms with E-state index in [0.717, 1.165) is 17.1 Å². The molecule has 7 heteroatoms. The molecule has 7 nitrogen and oxygen atoms in total. The first-order valence-electron chi connectivity index (χ1n) is 6.35. The minimum atomic E-state index is -1.03. The van der Waals surface area contributed by atoms with E-state index in [1.54, 1.807) is 0 Å². The van der Waals surface area contributed by atoms with Gasteiger partial charge in [-0.2, -0.15) is 0 Å². The second-order valence-corrected chi connectivity index (χ2v) is 4.48. The summed E-state index contributed by atoms with van der Waals surface area (Å²) >= 11 is 0. The second-order valence-electron chi connectivity index (χ2n) is 4.48. The lowest BCUT2D eigenvalue weighted by Crippen LogP contribution is -2.17. The molecule has 2 N–H and O–H groups in total. The highest BCUT2D eigenvalue weighted by Crippen LogP contribution is 2.32. The van der Waals surface area contributed by atoms with Gasteiger partial charge in [0.2, 0.25) is 6.79 Å². The molecule has 0 aliphatic carbocycles. The summed E-state index contributed by atoms with van der Waals surface area (Å²) in [6.07, 6.45) is 2.64. The van der Waals surface area contributed by atoms with Crippen molar-refractivity contribution in [3.05, 3.63) is 47.5 Å². The summed E-state index contributed by atoms with van der Waals surface area (Å²) in [5.74, 6) is 0.431. The number of benzene rings is 1. The minimum absolute atomic E-state index is 0.107. The second kappa shape index (κ2) is 5.76. The van der Waals surface area contributed by atoms with Crippen molar-refractivity contribution in [2.45, 2.75) is 13.1 Å². The Morgan fingerprint density at radius 1 is 1.29 bits per heavy atom. The number of aromatic nitrogens is 2. The van der Waals surface area contributed by atoms with E-state index in [4.69, 9.17) is 14.6 Å². The van der Waals surface area contributed by atoms with E-state index >= 15 is 0 Å². The Morgan fingerprint density at radius 2 is 2.14 bits per heavy atom. The van der Waals surface area contributed by atoms with Gasteiger partial charge in [0.05, 0.1) is 5.69 Å². The molecule has 0 fully saturated rings. The van der Waals surface area contributed by atoms with Gasteiger partial charge in [0, 0.05) is 19.3 Å². The molecule has 1 aliphatic heterocycles. The maximum Gasteiger partial charge on any atom is 0.339 e. The van der Waals surface area contributed by atoms with Crippen LogP contribution in [0.5, 0.6) is 11.5 Å². The van der Waals surface area contributed by atoms with Crippen LogP contribution in [0.1, 0.15) is 21.6 Å². The number of carboxylic acids is 1. The van der Waals surface area contributed by atoms with Gasteiger partial charge in [-0.1, -0.05) is 6.07 Å². The van der Waals surface area contributed by atoms with Crippen LogP contribution in [0.15, 0.2) is 30.7 Å². The molecule has 0 spiro atoms. The van der Waals surface area contributed by atoms with Crippen LogP contribution in [-0.4, -0.2) is 27.8 Å². The third-order valence-electron chi connectivity index (χ3n) is 3.08. The summed E-state index contributed by atoms with van der Waals surface area (Å²) in [6.45, 7) is 1.16. The summed E-state index contributed by atoms with van der Waals surface area (Å²) < 4.78 is 10.6. The predicted octanol–water partition coefficient (Wildman–Crippen LogP) is 1.19. The van der Waals surface area contributed by atoms with Gasteiger partial charge in [0.15, 0.2) is 11.5 Å². The quantitative estimate of drug-likeness (QED) is 0.853. The van der Waals surface area contributed by atoms with Gasteiger partial charge >= 0.3 is 5.97 Å². The molecule has 0 saturated carbocycles. The highest BCUT2D eigenvalue weighted by molar-refractivity contribution is 5.88. The molecule has 1 aromatic heterocycles. The molecular weight excluding hydrogens is 274 g/mol. The molecule has 2 heterocycles. The lowest BCUT2D eigenvalue weighted by atomic mass is 10.2. The Bertz CT molecular complexity index is 675. The van der Waals surface area contributed by atoms with Gasteiger partial charge in [-0.05, 0) is 17.7 Å². The van der Waals surface area contributed by atoms with Crippen LogP contribution in [0.2, 0.25) is 0 Å². The number of hydrogen-bond donors (Lipinski definition) is 2. The third-order valence-corrected chi connectivity index (χ3v) is 3.08. The first-order chi connectivity index (χ1) is 10.2. The number of fused-ring (bicyclic) bond motifs is 1. The number of rotatable bonds is 5. The number of hydrogen-bond acceptors (Lipinski definition) is 6. The van der Waals surface area contributed by atoms with Crippen LogP contribution in [0.4, 0.5) is 0 Å².